The van der Waals surface area contributed by atoms with E-state index in [1.54, 1.807) is 37.3 Å². The highest BCUT2D eigenvalue weighted by Gasteiger charge is 2.45. The van der Waals surface area contributed by atoms with Crippen molar-refractivity contribution in [3.63, 3.8) is 0 Å². The molecule has 37 heavy (non-hydrogen) atoms. The average molecular weight is 534 g/mol. The summed E-state index contributed by atoms with van der Waals surface area (Å²) in [7, 11) is 0. The Kier molecular flexibility index (Phi) is 5.73. The van der Waals surface area contributed by atoms with Crippen molar-refractivity contribution >= 4 is 44.9 Å². The van der Waals surface area contributed by atoms with Crippen LogP contribution in [0.1, 0.15) is 38.3 Å². The third-order valence-electron chi connectivity index (χ3n) is 6.08. The van der Waals surface area contributed by atoms with Crippen LogP contribution in [0.2, 0.25) is 5.02 Å². The lowest BCUT2D eigenvalue weighted by Gasteiger charge is -2.22. The van der Waals surface area contributed by atoms with Crippen molar-refractivity contribution in [3.05, 3.63) is 115 Å². The standard InChI is InChI=1S/C27H17ClFN3O4S/c1-14-30-31-27(37-14)32-23(15-6-4-7-18(11-15)35-13-16-5-2-3-8-20(16)28)22-24(33)19-12-17(29)9-10-21(19)36-25(22)26(32)34/h2-12,23H,13H2,1H3. The average Bonchev–Trinajstić information content (AvgIpc) is 3.45. The van der Waals surface area contributed by atoms with Crippen molar-refractivity contribution in [2.45, 2.75) is 19.6 Å². The van der Waals surface area contributed by atoms with Gasteiger partial charge in [-0.25, -0.2) is 4.39 Å². The zero-order valence-corrected chi connectivity index (χ0v) is 20.8. The molecule has 1 atom stereocenters. The van der Waals surface area contributed by atoms with E-state index in [0.717, 1.165) is 11.6 Å². The van der Waals surface area contributed by atoms with Gasteiger partial charge in [-0.3, -0.25) is 14.5 Å². The van der Waals surface area contributed by atoms with Crippen LogP contribution < -0.4 is 15.1 Å². The molecular formula is C27H17ClFN3O4S. The Labute approximate surface area is 218 Å². The second-order valence-corrected chi connectivity index (χ2v) is 10.0. The Bertz CT molecular complexity index is 1750. The molecular weight excluding hydrogens is 517 g/mol. The number of aromatic nitrogens is 2. The van der Waals surface area contributed by atoms with Gasteiger partial charge in [-0.2, -0.15) is 0 Å². The lowest BCUT2D eigenvalue weighted by molar-refractivity contribution is 0.0970. The van der Waals surface area contributed by atoms with Gasteiger partial charge in [-0.05, 0) is 48.9 Å². The first kappa shape index (κ1) is 23.3. The molecule has 2 aromatic heterocycles. The van der Waals surface area contributed by atoms with E-state index >= 15 is 0 Å². The van der Waals surface area contributed by atoms with Gasteiger partial charge in [-0.1, -0.05) is 53.3 Å². The van der Waals surface area contributed by atoms with Gasteiger partial charge in [0.15, 0.2) is 5.43 Å². The topological polar surface area (TPSA) is 85.5 Å². The highest BCUT2D eigenvalue weighted by atomic mass is 35.5. The van der Waals surface area contributed by atoms with Gasteiger partial charge in [0.25, 0.3) is 5.91 Å². The zero-order valence-electron chi connectivity index (χ0n) is 19.3. The van der Waals surface area contributed by atoms with Crippen molar-refractivity contribution in [3.8, 4) is 5.75 Å². The molecule has 0 spiro atoms. The Morgan fingerprint density at radius 1 is 1.08 bits per heavy atom. The second kappa shape index (κ2) is 9.10. The summed E-state index contributed by atoms with van der Waals surface area (Å²) in [6.45, 7) is 2.00. The van der Waals surface area contributed by atoms with Crippen molar-refractivity contribution in [2.24, 2.45) is 0 Å². The number of benzene rings is 3. The molecule has 1 aliphatic heterocycles. The minimum absolute atomic E-state index is 0.0537. The number of ether oxygens (including phenoxy) is 1. The molecule has 7 nitrogen and oxygen atoms in total. The number of fused-ring (bicyclic) bond motifs is 2. The monoisotopic (exact) mass is 533 g/mol. The molecule has 0 saturated carbocycles. The molecule has 0 saturated heterocycles. The number of aryl methyl sites for hydroxylation is 1. The zero-order chi connectivity index (χ0) is 25.7. The minimum atomic E-state index is -0.873. The van der Waals surface area contributed by atoms with Crippen LogP contribution >= 0.6 is 22.9 Å². The largest absolute Gasteiger partial charge is 0.489 e. The minimum Gasteiger partial charge on any atom is -0.489 e. The molecule has 5 aromatic rings. The van der Waals surface area contributed by atoms with Crippen LogP contribution in [-0.2, 0) is 6.61 Å². The molecule has 3 heterocycles. The van der Waals surface area contributed by atoms with Gasteiger partial charge in [0.05, 0.1) is 17.0 Å². The summed E-state index contributed by atoms with van der Waals surface area (Å²) in [5, 5.41) is 9.81. The van der Waals surface area contributed by atoms with Crippen LogP contribution in [0.4, 0.5) is 9.52 Å². The first-order chi connectivity index (χ1) is 17.9. The fourth-order valence-electron chi connectivity index (χ4n) is 4.39. The van der Waals surface area contributed by atoms with E-state index in [1.165, 1.54) is 28.4 Å². The molecule has 0 aliphatic carbocycles. The molecule has 0 bridgehead atoms. The maximum absolute atomic E-state index is 14.0. The lowest BCUT2D eigenvalue weighted by atomic mass is 9.98. The number of amides is 1. The van der Waals surface area contributed by atoms with Crippen LogP contribution in [0.5, 0.6) is 5.75 Å². The number of hydrogen-bond donors (Lipinski definition) is 0. The maximum atomic E-state index is 14.0. The number of rotatable bonds is 5. The third-order valence-corrected chi connectivity index (χ3v) is 7.29. The lowest BCUT2D eigenvalue weighted by Crippen LogP contribution is -2.29. The van der Waals surface area contributed by atoms with Gasteiger partial charge >= 0.3 is 0 Å². The number of carbonyl (C=O) groups is 1. The predicted octanol–water partition coefficient (Wildman–Crippen LogP) is 6.07. The summed E-state index contributed by atoms with van der Waals surface area (Å²) < 4.78 is 25.9. The SMILES string of the molecule is Cc1nnc(N2C(=O)c3oc4ccc(F)cc4c(=O)c3C2c2cccc(OCc3ccccc3Cl)c2)s1. The van der Waals surface area contributed by atoms with E-state index < -0.39 is 23.2 Å². The fourth-order valence-corrected chi connectivity index (χ4v) is 5.30. The smallest absolute Gasteiger partial charge is 0.297 e. The van der Waals surface area contributed by atoms with Crippen LogP contribution in [0.25, 0.3) is 11.0 Å². The highest BCUT2D eigenvalue weighted by Crippen LogP contribution is 2.42. The van der Waals surface area contributed by atoms with Gasteiger partial charge < -0.3 is 9.15 Å². The summed E-state index contributed by atoms with van der Waals surface area (Å²) in [6.07, 6.45) is 0. The van der Waals surface area contributed by atoms with E-state index in [4.69, 9.17) is 20.8 Å². The molecule has 10 heteroatoms. The van der Waals surface area contributed by atoms with Crippen molar-refractivity contribution < 1.29 is 18.3 Å². The van der Waals surface area contributed by atoms with E-state index in [9.17, 15) is 14.0 Å². The molecule has 3 aromatic carbocycles. The Morgan fingerprint density at radius 2 is 1.92 bits per heavy atom. The van der Waals surface area contributed by atoms with Crippen LogP contribution in [0, 0.1) is 12.7 Å². The van der Waals surface area contributed by atoms with Crippen molar-refractivity contribution in [1.82, 2.24) is 10.2 Å². The van der Waals surface area contributed by atoms with E-state index in [-0.39, 0.29) is 28.9 Å². The molecule has 1 aliphatic rings. The van der Waals surface area contributed by atoms with Crippen molar-refractivity contribution in [1.29, 1.82) is 0 Å². The molecule has 1 amide bonds. The molecule has 0 radical (unpaired) electrons. The van der Waals surface area contributed by atoms with E-state index in [1.807, 2.05) is 18.2 Å². The maximum Gasteiger partial charge on any atom is 0.297 e. The first-order valence-electron chi connectivity index (χ1n) is 11.3. The van der Waals surface area contributed by atoms with E-state index in [2.05, 4.69) is 10.2 Å². The Hall–Kier alpha value is -4.08. The molecule has 6 rings (SSSR count). The summed E-state index contributed by atoms with van der Waals surface area (Å²) in [4.78, 5) is 28.6. The highest BCUT2D eigenvalue weighted by molar-refractivity contribution is 7.15. The summed E-state index contributed by atoms with van der Waals surface area (Å²) in [6, 6.07) is 17.2. The predicted molar refractivity (Wildman–Crippen MR) is 138 cm³/mol. The van der Waals surface area contributed by atoms with E-state index in [0.29, 0.717) is 26.5 Å². The number of hydrogen-bond acceptors (Lipinski definition) is 7. The molecule has 0 N–H and O–H groups in total. The first-order valence-corrected chi connectivity index (χ1v) is 12.5. The van der Waals surface area contributed by atoms with Crippen LogP contribution in [0.15, 0.2) is 75.9 Å². The van der Waals surface area contributed by atoms with Gasteiger partial charge in [0, 0.05) is 10.6 Å². The Balaban J connectivity index is 1.48. The second-order valence-electron chi connectivity index (χ2n) is 8.45. The quantitative estimate of drug-likeness (QED) is 0.272. The van der Waals surface area contributed by atoms with Crippen molar-refractivity contribution in [2.75, 3.05) is 4.90 Å². The fraction of sp³-hybridized carbons (Fsp3) is 0.111. The molecule has 184 valence electrons. The number of anilines is 1. The van der Waals surface area contributed by atoms with Gasteiger partial charge in [0.2, 0.25) is 10.9 Å². The molecule has 0 fully saturated rings. The molecule has 1 unspecified atom stereocenters. The van der Waals surface area contributed by atoms with Gasteiger partial charge in [-0.15, -0.1) is 10.2 Å². The number of carbonyl (C=O) groups excluding carboxylic acids is 1. The normalized spacial score (nSPS) is 14.8. The summed E-state index contributed by atoms with van der Waals surface area (Å²) in [5.74, 6) is -0.693. The summed E-state index contributed by atoms with van der Waals surface area (Å²) >= 11 is 7.47. The third kappa shape index (κ3) is 4.06. The number of halogens is 2. The van der Waals surface area contributed by atoms with Crippen LogP contribution in [-0.4, -0.2) is 16.1 Å². The van der Waals surface area contributed by atoms with Gasteiger partial charge in [0.1, 0.15) is 28.8 Å². The Morgan fingerprint density at radius 3 is 2.70 bits per heavy atom. The van der Waals surface area contributed by atoms with Crippen LogP contribution in [0.3, 0.4) is 0 Å². The summed E-state index contributed by atoms with van der Waals surface area (Å²) in [5.41, 5.74) is 1.17. The number of nitrogens with zero attached hydrogens (tertiary/aromatic N) is 3.